The number of aryl methyl sites for hydroxylation is 1. The molecule has 1 heterocycles. The van der Waals surface area contributed by atoms with Crippen molar-refractivity contribution < 1.29 is 19.6 Å². The summed E-state index contributed by atoms with van der Waals surface area (Å²) in [4.78, 5) is 26.2. The Morgan fingerprint density at radius 1 is 1.54 bits per heavy atom. The van der Waals surface area contributed by atoms with Crippen LogP contribution in [0.5, 0.6) is 5.75 Å². The second-order valence-electron chi connectivity index (χ2n) is 5.35. The molecule has 138 valence electrons. The Balaban J connectivity index is 2.13. The second kappa shape index (κ2) is 8.39. The Labute approximate surface area is 153 Å². The van der Waals surface area contributed by atoms with Crippen molar-refractivity contribution in [3.63, 3.8) is 0 Å². The molecule has 0 atom stereocenters. The van der Waals surface area contributed by atoms with E-state index in [1.165, 1.54) is 23.6 Å². The number of benzene rings is 1. The van der Waals surface area contributed by atoms with Crippen molar-refractivity contribution >= 4 is 34.3 Å². The Kier molecular flexibility index (Phi) is 6.23. The highest BCUT2D eigenvalue weighted by molar-refractivity contribution is 7.13. The summed E-state index contributed by atoms with van der Waals surface area (Å²) in [5, 5.41) is 27.3. The highest BCUT2D eigenvalue weighted by Crippen LogP contribution is 2.31. The first-order valence-electron chi connectivity index (χ1n) is 7.70. The molecule has 10 heteroatoms. The number of nitro groups is 1. The summed E-state index contributed by atoms with van der Waals surface area (Å²) in [6.07, 6.45) is 1.37. The number of nitrogens with one attached hydrogen (secondary N) is 1. The maximum atomic E-state index is 11.4. The molecule has 0 spiro atoms. The van der Waals surface area contributed by atoms with Crippen molar-refractivity contribution in [3.05, 3.63) is 43.9 Å². The van der Waals surface area contributed by atoms with Crippen molar-refractivity contribution in [1.29, 1.82) is 0 Å². The van der Waals surface area contributed by atoms with Crippen molar-refractivity contribution in [2.45, 2.75) is 27.2 Å². The summed E-state index contributed by atoms with van der Waals surface area (Å²) in [5.41, 5.74) is 4.10. The fraction of sp³-hybridized carbons (Fsp3) is 0.312. The number of nitrogens with zero attached hydrogens (tertiary/aromatic N) is 3. The van der Waals surface area contributed by atoms with Gasteiger partial charge >= 0.3 is 5.97 Å². The minimum Gasteiger partial charge on any atom is -0.507 e. The average molecular weight is 378 g/mol. The summed E-state index contributed by atoms with van der Waals surface area (Å²) in [6, 6.07) is 1.32. The van der Waals surface area contributed by atoms with Crippen LogP contribution in [0.3, 0.4) is 0 Å². The van der Waals surface area contributed by atoms with Gasteiger partial charge < -0.3 is 9.84 Å². The molecule has 1 aromatic heterocycles. The predicted molar refractivity (Wildman–Crippen MR) is 97.9 cm³/mol. The number of phenolic OH excluding ortho intramolecular Hbond substituents is 1. The van der Waals surface area contributed by atoms with Gasteiger partial charge in [0.05, 0.1) is 29.9 Å². The van der Waals surface area contributed by atoms with E-state index in [1.54, 1.807) is 26.2 Å². The lowest BCUT2D eigenvalue weighted by Gasteiger charge is -2.07. The quantitative estimate of drug-likeness (QED) is 0.328. The molecular formula is C16H18N4O5S. The van der Waals surface area contributed by atoms with Crippen LogP contribution < -0.4 is 5.43 Å². The molecule has 9 nitrogen and oxygen atoms in total. The van der Waals surface area contributed by atoms with Gasteiger partial charge in [0.1, 0.15) is 5.75 Å². The van der Waals surface area contributed by atoms with Gasteiger partial charge in [0.2, 0.25) is 5.13 Å². The van der Waals surface area contributed by atoms with Crippen molar-refractivity contribution in [2.24, 2.45) is 5.10 Å². The lowest BCUT2D eigenvalue weighted by molar-refractivity contribution is -0.385. The highest BCUT2D eigenvalue weighted by Gasteiger charge is 2.18. The number of rotatable bonds is 7. The molecule has 0 unspecified atom stereocenters. The van der Waals surface area contributed by atoms with Crippen LogP contribution in [0.15, 0.2) is 16.5 Å². The Bertz CT molecular complexity index is 863. The zero-order chi connectivity index (χ0) is 19.3. The number of aromatic nitrogens is 1. The van der Waals surface area contributed by atoms with E-state index in [2.05, 4.69) is 15.5 Å². The van der Waals surface area contributed by atoms with Gasteiger partial charge in [-0.2, -0.15) is 5.10 Å². The number of hydrazone groups is 1. The van der Waals surface area contributed by atoms with E-state index in [0.29, 0.717) is 28.6 Å². The van der Waals surface area contributed by atoms with Gasteiger partial charge in [0, 0.05) is 22.6 Å². The topological polar surface area (TPSA) is 127 Å². The molecule has 0 aliphatic heterocycles. The normalized spacial score (nSPS) is 10.9. The van der Waals surface area contributed by atoms with Gasteiger partial charge in [-0.1, -0.05) is 0 Å². The van der Waals surface area contributed by atoms with Crippen LogP contribution in [0.2, 0.25) is 0 Å². The van der Waals surface area contributed by atoms with E-state index >= 15 is 0 Å². The van der Waals surface area contributed by atoms with Crippen molar-refractivity contribution in [1.82, 2.24) is 4.98 Å². The molecule has 0 fully saturated rings. The number of esters is 1. The maximum Gasteiger partial charge on any atom is 0.311 e. The number of carbonyl (C=O) groups is 1. The Morgan fingerprint density at radius 2 is 2.27 bits per heavy atom. The summed E-state index contributed by atoms with van der Waals surface area (Å²) in [6.45, 7) is 5.16. The Hall–Kier alpha value is -3.01. The van der Waals surface area contributed by atoms with Crippen molar-refractivity contribution in [2.75, 3.05) is 12.0 Å². The third kappa shape index (κ3) is 4.54. The molecule has 0 saturated carbocycles. The first kappa shape index (κ1) is 19.3. The number of hydrogen-bond donors (Lipinski definition) is 2. The number of thiazole rings is 1. The number of hydrogen-bond acceptors (Lipinski definition) is 9. The lowest BCUT2D eigenvalue weighted by Crippen LogP contribution is -2.07. The molecule has 0 aliphatic carbocycles. The summed E-state index contributed by atoms with van der Waals surface area (Å²) in [7, 11) is 0. The molecule has 0 bridgehead atoms. The standard InChI is InChI=1S/C16H18N4O5S/c1-4-25-14(21)6-11-8-26-16(18-11)19-17-7-12-10(3)13(20(23)24)5-9(2)15(12)22/h5,7-8,22H,4,6H2,1-3H3,(H,18,19). The molecule has 2 aromatic rings. The zero-order valence-corrected chi connectivity index (χ0v) is 15.3. The van der Waals surface area contributed by atoms with E-state index in [4.69, 9.17) is 4.74 Å². The van der Waals surface area contributed by atoms with E-state index in [1.807, 2.05) is 0 Å². The van der Waals surface area contributed by atoms with Crippen LogP contribution in [0.1, 0.15) is 29.3 Å². The fourth-order valence-electron chi connectivity index (χ4n) is 2.21. The number of aromatic hydroxyl groups is 1. The summed E-state index contributed by atoms with van der Waals surface area (Å²) >= 11 is 1.25. The average Bonchev–Trinajstić information content (AvgIpc) is 3.01. The van der Waals surface area contributed by atoms with E-state index in [0.717, 1.165) is 0 Å². The number of ether oxygens (including phenoxy) is 1. The first-order chi connectivity index (χ1) is 12.3. The molecular weight excluding hydrogens is 360 g/mol. The summed E-state index contributed by atoms with van der Waals surface area (Å²) < 4.78 is 4.85. The maximum absolute atomic E-state index is 11.4. The molecule has 0 radical (unpaired) electrons. The van der Waals surface area contributed by atoms with Crippen LogP contribution in [0.25, 0.3) is 0 Å². The van der Waals surface area contributed by atoms with Gasteiger partial charge in [-0.25, -0.2) is 4.98 Å². The van der Waals surface area contributed by atoms with Crippen LogP contribution >= 0.6 is 11.3 Å². The first-order valence-corrected chi connectivity index (χ1v) is 8.58. The number of nitro benzene ring substituents is 1. The largest absolute Gasteiger partial charge is 0.507 e. The van der Waals surface area contributed by atoms with E-state index in [-0.39, 0.29) is 29.4 Å². The highest BCUT2D eigenvalue weighted by atomic mass is 32.1. The molecule has 1 aromatic carbocycles. The van der Waals surface area contributed by atoms with Crippen LogP contribution in [-0.2, 0) is 16.0 Å². The van der Waals surface area contributed by atoms with Crippen molar-refractivity contribution in [3.8, 4) is 5.75 Å². The lowest BCUT2D eigenvalue weighted by atomic mass is 10.0. The fourth-order valence-corrected chi connectivity index (χ4v) is 2.87. The minimum atomic E-state index is -0.505. The monoisotopic (exact) mass is 378 g/mol. The number of anilines is 1. The molecule has 0 aliphatic rings. The van der Waals surface area contributed by atoms with Gasteiger partial charge in [-0.3, -0.25) is 20.3 Å². The Morgan fingerprint density at radius 3 is 2.92 bits per heavy atom. The molecule has 2 N–H and O–H groups in total. The number of phenols is 1. The van der Waals surface area contributed by atoms with Gasteiger partial charge in [-0.05, 0) is 26.3 Å². The minimum absolute atomic E-state index is 0.0687. The third-order valence-corrected chi connectivity index (χ3v) is 4.30. The third-order valence-electron chi connectivity index (χ3n) is 3.50. The van der Waals surface area contributed by atoms with Gasteiger partial charge in [0.15, 0.2) is 0 Å². The zero-order valence-electron chi connectivity index (χ0n) is 14.5. The summed E-state index contributed by atoms with van der Waals surface area (Å²) in [5.74, 6) is -0.429. The van der Waals surface area contributed by atoms with Crippen LogP contribution in [-0.4, -0.2) is 33.8 Å². The smallest absolute Gasteiger partial charge is 0.311 e. The molecule has 2 rings (SSSR count). The molecule has 0 saturated heterocycles. The SMILES string of the molecule is CCOC(=O)Cc1csc(NN=Cc2c(C)c([N+](=O)[O-])cc(C)c2O)n1. The molecule has 26 heavy (non-hydrogen) atoms. The van der Waals surface area contributed by atoms with E-state index in [9.17, 15) is 20.0 Å². The predicted octanol–water partition coefficient (Wildman–Crippen LogP) is 2.93. The number of carbonyl (C=O) groups excluding carboxylic acids is 1. The molecule has 0 amide bonds. The van der Waals surface area contributed by atoms with Gasteiger partial charge in [-0.15, -0.1) is 11.3 Å². The van der Waals surface area contributed by atoms with Crippen LogP contribution in [0, 0.1) is 24.0 Å². The van der Waals surface area contributed by atoms with E-state index < -0.39 is 4.92 Å². The van der Waals surface area contributed by atoms with Gasteiger partial charge in [0.25, 0.3) is 5.69 Å². The second-order valence-corrected chi connectivity index (χ2v) is 6.21. The van der Waals surface area contributed by atoms with Crippen LogP contribution in [0.4, 0.5) is 10.8 Å².